The summed E-state index contributed by atoms with van der Waals surface area (Å²) in [5.41, 5.74) is 0.683. The number of unbranched alkanes of at least 4 members (excludes halogenated alkanes) is 1. The van der Waals surface area contributed by atoms with Crippen LogP contribution in [0.3, 0.4) is 0 Å². The molecule has 172 valence electrons. The Morgan fingerprint density at radius 2 is 1.88 bits per heavy atom. The maximum atomic E-state index is 13.1. The molecule has 1 aromatic rings. The van der Waals surface area contributed by atoms with Crippen LogP contribution in [-0.2, 0) is 28.7 Å². The SMILES string of the molecule is CC(=O)OC(C(=O)C=CC(=O)CCCCO)C(C)C(=O)N1C(=O)OCC1c1ccccc1. The highest BCUT2D eigenvalue weighted by Crippen LogP contribution is 2.30. The number of ether oxygens (including phenoxy) is 2. The lowest BCUT2D eigenvalue weighted by Gasteiger charge is -2.26. The first-order valence-corrected chi connectivity index (χ1v) is 10.3. The van der Waals surface area contributed by atoms with Crippen molar-refractivity contribution in [2.45, 2.75) is 45.3 Å². The fraction of sp³-hybridized carbons (Fsp3) is 0.435. The molecule has 3 unspecified atom stereocenters. The normalized spacial score (nSPS) is 17.7. The number of hydrogen-bond donors (Lipinski definition) is 1. The Hall–Kier alpha value is -3.33. The van der Waals surface area contributed by atoms with Gasteiger partial charge in [-0.1, -0.05) is 30.3 Å². The molecule has 9 heteroatoms. The van der Waals surface area contributed by atoms with Gasteiger partial charge in [0.25, 0.3) is 0 Å². The van der Waals surface area contributed by atoms with Gasteiger partial charge in [-0.05, 0) is 37.5 Å². The molecule has 0 saturated carbocycles. The standard InChI is InChI=1S/C23H27NO8/c1-15(21(32-16(2)26)20(28)12-11-18(27)10-6-7-13-25)22(29)24-19(14-31-23(24)30)17-8-4-3-5-9-17/h3-5,8-9,11-12,15,19,21,25H,6-7,10,13-14H2,1-2H3. The Bertz CT molecular complexity index is 879. The van der Waals surface area contributed by atoms with Crippen LogP contribution in [0, 0.1) is 5.92 Å². The van der Waals surface area contributed by atoms with Crippen LogP contribution in [0.25, 0.3) is 0 Å². The van der Waals surface area contributed by atoms with Crippen molar-refractivity contribution in [3.63, 3.8) is 0 Å². The van der Waals surface area contributed by atoms with E-state index in [4.69, 9.17) is 14.6 Å². The third-order valence-electron chi connectivity index (χ3n) is 4.98. The summed E-state index contributed by atoms with van der Waals surface area (Å²) in [6.45, 7) is 2.40. The molecule has 0 aliphatic carbocycles. The highest BCUT2D eigenvalue weighted by molar-refractivity contribution is 6.04. The van der Waals surface area contributed by atoms with Crippen LogP contribution in [-0.4, -0.2) is 58.9 Å². The van der Waals surface area contributed by atoms with E-state index in [0.717, 1.165) is 24.0 Å². The molecule has 1 heterocycles. The summed E-state index contributed by atoms with van der Waals surface area (Å²) in [6.07, 6.45) is 0.748. The molecule has 32 heavy (non-hydrogen) atoms. The number of cyclic esters (lactones) is 1. The second-order valence-corrected chi connectivity index (χ2v) is 7.41. The smallest absolute Gasteiger partial charge is 0.417 e. The van der Waals surface area contributed by atoms with Gasteiger partial charge in [0.1, 0.15) is 12.6 Å². The second kappa shape index (κ2) is 11.9. The molecule has 9 nitrogen and oxygen atoms in total. The van der Waals surface area contributed by atoms with Crippen LogP contribution in [0.1, 0.15) is 44.7 Å². The first-order valence-electron chi connectivity index (χ1n) is 10.3. The molecule has 0 bridgehead atoms. The fourth-order valence-corrected chi connectivity index (χ4v) is 3.28. The number of rotatable bonds is 11. The van der Waals surface area contributed by atoms with Gasteiger partial charge < -0.3 is 14.6 Å². The molecule has 2 rings (SSSR count). The number of nitrogens with zero attached hydrogens (tertiary/aromatic N) is 1. The molecular formula is C23H27NO8. The molecule has 1 aromatic carbocycles. The van der Waals surface area contributed by atoms with E-state index in [1.54, 1.807) is 30.3 Å². The minimum Gasteiger partial charge on any atom is -0.453 e. The van der Waals surface area contributed by atoms with Crippen molar-refractivity contribution >= 4 is 29.5 Å². The summed E-state index contributed by atoms with van der Waals surface area (Å²) in [5, 5.41) is 8.77. The van der Waals surface area contributed by atoms with E-state index in [0.29, 0.717) is 18.4 Å². The molecule has 3 atom stereocenters. The van der Waals surface area contributed by atoms with Gasteiger partial charge in [0.15, 0.2) is 17.7 Å². The van der Waals surface area contributed by atoms with Crippen LogP contribution in [0.15, 0.2) is 42.5 Å². The maximum Gasteiger partial charge on any atom is 0.417 e. The number of hydrogen-bond acceptors (Lipinski definition) is 8. The molecule has 1 N–H and O–H groups in total. The molecule has 0 aromatic heterocycles. The summed E-state index contributed by atoms with van der Waals surface area (Å²) in [4.78, 5) is 62.4. The average Bonchev–Trinajstić information content (AvgIpc) is 3.16. The van der Waals surface area contributed by atoms with Gasteiger partial charge in [-0.25, -0.2) is 9.69 Å². The number of carbonyl (C=O) groups excluding carboxylic acids is 5. The number of amides is 2. The number of ketones is 2. The monoisotopic (exact) mass is 445 g/mol. The van der Waals surface area contributed by atoms with Crippen LogP contribution in [0.4, 0.5) is 4.79 Å². The highest BCUT2D eigenvalue weighted by Gasteiger charge is 2.44. The quantitative estimate of drug-likeness (QED) is 0.312. The third-order valence-corrected chi connectivity index (χ3v) is 4.98. The number of imide groups is 1. The van der Waals surface area contributed by atoms with Crippen LogP contribution < -0.4 is 0 Å². The summed E-state index contributed by atoms with van der Waals surface area (Å²) in [5.74, 6) is -3.80. The lowest BCUT2D eigenvalue weighted by molar-refractivity contribution is -0.158. The van der Waals surface area contributed by atoms with Gasteiger partial charge >= 0.3 is 12.1 Å². The molecule has 2 amide bonds. The van der Waals surface area contributed by atoms with Crippen molar-refractivity contribution in [2.24, 2.45) is 5.92 Å². The van der Waals surface area contributed by atoms with Gasteiger partial charge in [0.05, 0.1) is 5.92 Å². The zero-order valence-corrected chi connectivity index (χ0v) is 18.1. The molecular weight excluding hydrogens is 418 g/mol. The third kappa shape index (κ3) is 6.58. The minimum atomic E-state index is -1.51. The van der Waals surface area contributed by atoms with Crippen LogP contribution >= 0.6 is 0 Å². The van der Waals surface area contributed by atoms with Crippen LogP contribution in [0.5, 0.6) is 0 Å². The minimum absolute atomic E-state index is 0.0320. The Morgan fingerprint density at radius 3 is 2.50 bits per heavy atom. The number of allylic oxidation sites excluding steroid dienone is 1. The van der Waals surface area contributed by atoms with E-state index in [-0.39, 0.29) is 25.4 Å². The Kier molecular flexibility index (Phi) is 9.27. The molecule has 1 fully saturated rings. The van der Waals surface area contributed by atoms with Gasteiger partial charge in [-0.15, -0.1) is 0 Å². The zero-order valence-electron chi connectivity index (χ0n) is 18.1. The molecule has 0 spiro atoms. The van der Waals surface area contributed by atoms with E-state index in [1.165, 1.54) is 6.92 Å². The predicted octanol–water partition coefficient (Wildman–Crippen LogP) is 2.13. The molecule has 1 aliphatic heterocycles. The van der Waals surface area contributed by atoms with Gasteiger partial charge in [0, 0.05) is 20.0 Å². The zero-order chi connectivity index (χ0) is 23.7. The van der Waals surface area contributed by atoms with Crippen molar-refractivity contribution < 1.29 is 38.6 Å². The van der Waals surface area contributed by atoms with Gasteiger partial charge in [-0.3, -0.25) is 19.2 Å². The molecule has 0 radical (unpaired) electrons. The highest BCUT2D eigenvalue weighted by atomic mass is 16.6. The van der Waals surface area contributed by atoms with Crippen molar-refractivity contribution in [2.75, 3.05) is 13.2 Å². The van der Waals surface area contributed by atoms with Crippen molar-refractivity contribution in [3.05, 3.63) is 48.0 Å². The van der Waals surface area contributed by atoms with E-state index in [1.807, 2.05) is 0 Å². The van der Waals surface area contributed by atoms with Crippen LogP contribution in [0.2, 0.25) is 0 Å². The summed E-state index contributed by atoms with van der Waals surface area (Å²) in [7, 11) is 0. The van der Waals surface area contributed by atoms with E-state index in [2.05, 4.69) is 0 Å². The fourth-order valence-electron chi connectivity index (χ4n) is 3.28. The number of esters is 1. The Labute approximate surface area is 186 Å². The molecule has 1 saturated heterocycles. The lowest BCUT2D eigenvalue weighted by Crippen LogP contribution is -2.45. The second-order valence-electron chi connectivity index (χ2n) is 7.41. The predicted molar refractivity (Wildman–Crippen MR) is 112 cm³/mol. The summed E-state index contributed by atoms with van der Waals surface area (Å²) < 4.78 is 10.1. The largest absolute Gasteiger partial charge is 0.453 e. The maximum absolute atomic E-state index is 13.1. The van der Waals surface area contributed by atoms with Gasteiger partial charge in [-0.2, -0.15) is 0 Å². The molecule has 1 aliphatic rings. The number of aliphatic hydroxyl groups excluding tert-OH is 1. The average molecular weight is 445 g/mol. The first kappa shape index (κ1) is 24.9. The van der Waals surface area contributed by atoms with E-state index in [9.17, 15) is 24.0 Å². The Morgan fingerprint density at radius 1 is 1.19 bits per heavy atom. The van der Waals surface area contributed by atoms with Crippen molar-refractivity contribution in [3.8, 4) is 0 Å². The summed E-state index contributed by atoms with van der Waals surface area (Å²) in [6, 6.07) is 8.14. The van der Waals surface area contributed by atoms with E-state index >= 15 is 0 Å². The number of aliphatic hydroxyl groups is 1. The number of carbonyl (C=O) groups is 5. The van der Waals surface area contributed by atoms with Crippen molar-refractivity contribution in [1.82, 2.24) is 4.90 Å². The lowest BCUT2D eigenvalue weighted by atomic mass is 9.97. The topological polar surface area (TPSA) is 127 Å². The van der Waals surface area contributed by atoms with E-state index < -0.39 is 41.8 Å². The number of benzene rings is 1. The Balaban J connectivity index is 2.18. The summed E-state index contributed by atoms with van der Waals surface area (Å²) >= 11 is 0. The van der Waals surface area contributed by atoms with Gasteiger partial charge in [0.2, 0.25) is 5.91 Å². The first-order chi connectivity index (χ1) is 15.3. The van der Waals surface area contributed by atoms with Crippen molar-refractivity contribution in [1.29, 1.82) is 0 Å².